The number of hydrogen-bond acceptors (Lipinski definition) is 4. The highest BCUT2D eigenvalue weighted by molar-refractivity contribution is 5.94. The molecule has 3 aromatic rings. The fraction of sp³-hybridized carbons (Fsp3) is 0.188. The molecule has 2 aromatic heterocycles. The van der Waals surface area contributed by atoms with Gasteiger partial charge in [0.2, 0.25) is 0 Å². The first kappa shape index (κ1) is 14.1. The topological polar surface area (TPSA) is 73.0 Å². The summed E-state index contributed by atoms with van der Waals surface area (Å²) in [6, 6.07) is 9.70. The van der Waals surface area contributed by atoms with Gasteiger partial charge in [0.15, 0.2) is 0 Å². The Hall–Kier alpha value is -2.89. The standard InChI is InChI=1S/C16H16N4O2/c1-12-15(6-7-22-12)16(21)18-8-13-2-4-14(5-3-13)9-20-11-17-10-19-20/h2-7,10-11H,8-9H2,1H3,(H,18,21). The summed E-state index contributed by atoms with van der Waals surface area (Å²) in [5.41, 5.74) is 2.74. The lowest BCUT2D eigenvalue weighted by molar-refractivity contribution is 0.0949. The van der Waals surface area contributed by atoms with E-state index in [-0.39, 0.29) is 5.91 Å². The normalized spacial score (nSPS) is 10.6. The summed E-state index contributed by atoms with van der Waals surface area (Å²) in [7, 11) is 0. The van der Waals surface area contributed by atoms with Crippen molar-refractivity contribution in [2.45, 2.75) is 20.0 Å². The summed E-state index contributed by atoms with van der Waals surface area (Å²) in [6.07, 6.45) is 4.71. The van der Waals surface area contributed by atoms with E-state index in [0.29, 0.717) is 24.4 Å². The maximum atomic E-state index is 12.0. The lowest BCUT2D eigenvalue weighted by Gasteiger charge is -2.06. The maximum Gasteiger partial charge on any atom is 0.255 e. The van der Waals surface area contributed by atoms with E-state index in [4.69, 9.17) is 4.42 Å². The van der Waals surface area contributed by atoms with Crippen LogP contribution in [0.25, 0.3) is 0 Å². The highest BCUT2D eigenvalue weighted by Gasteiger charge is 2.10. The molecule has 6 nitrogen and oxygen atoms in total. The minimum Gasteiger partial charge on any atom is -0.469 e. The van der Waals surface area contributed by atoms with Crippen LogP contribution in [0.1, 0.15) is 27.2 Å². The Morgan fingerprint density at radius 2 is 2.00 bits per heavy atom. The van der Waals surface area contributed by atoms with E-state index in [0.717, 1.165) is 11.1 Å². The second-order valence-corrected chi connectivity index (χ2v) is 4.98. The number of benzene rings is 1. The van der Waals surface area contributed by atoms with Gasteiger partial charge in [0.05, 0.1) is 18.4 Å². The monoisotopic (exact) mass is 296 g/mol. The van der Waals surface area contributed by atoms with Crippen molar-refractivity contribution in [3.8, 4) is 0 Å². The molecule has 0 aliphatic rings. The minimum absolute atomic E-state index is 0.127. The first-order valence-electron chi connectivity index (χ1n) is 6.95. The third-order valence-corrected chi connectivity index (χ3v) is 3.39. The summed E-state index contributed by atoms with van der Waals surface area (Å²) in [5, 5.41) is 6.95. The van der Waals surface area contributed by atoms with E-state index >= 15 is 0 Å². The molecular weight excluding hydrogens is 280 g/mol. The molecule has 0 radical (unpaired) electrons. The number of nitrogens with zero attached hydrogens (tertiary/aromatic N) is 3. The van der Waals surface area contributed by atoms with Crippen molar-refractivity contribution in [3.63, 3.8) is 0 Å². The molecule has 0 unspecified atom stereocenters. The van der Waals surface area contributed by atoms with Crippen LogP contribution >= 0.6 is 0 Å². The number of nitrogens with one attached hydrogen (secondary N) is 1. The van der Waals surface area contributed by atoms with Gasteiger partial charge in [-0.25, -0.2) is 9.67 Å². The maximum absolute atomic E-state index is 12.0. The Labute approximate surface area is 127 Å². The predicted octanol–water partition coefficient (Wildman–Crippen LogP) is 2.16. The van der Waals surface area contributed by atoms with Gasteiger partial charge in [-0.05, 0) is 24.1 Å². The molecule has 0 atom stereocenters. The van der Waals surface area contributed by atoms with E-state index < -0.39 is 0 Å². The van der Waals surface area contributed by atoms with Gasteiger partial charge in [0.1, 0.15) is 18.4 Å². The first-order chi connectivity index (χ1) is 10.7. The molecule has 2 heterocycles. The molecule has 0 aliphatic carbocycles. The lowest BCUT2D eigenvalue weighted by atomic mass is 10.1. The van der Waals surface area contributed by atoms with Crippen LogP contribution in [-0.4, -0.2) is 20.7 Å². The van der Waals surface area contributed by atoms with E-state index in [2.05, 4.69) is 15.4 Å². The quantitative estimate of drug-likeness (QED) is 0.783. The summed E-state index contributed by atoms with van der Waals surface area (Å²) in [4.78, 5) is 15.9. The largest absolute Gasteiger partial charge is 0.469 e. The minimum atomic E-state index is -0.127. The van der Waals surface area contributed by atoms with Crippen molar-refractivity contribution in [1.29, 1.82) is 0 Å². The number of aryl methyl sites for hydroxylation is 1. The molecule has 0 saturated heterocycles. The van der Waals surface area contributed by atoms with Gasteiger partial charge in [-0.1, -0.05) is 24.3 Å². The van der Waals surface area contributed by atoms with Gasteiger partial charge in [-0.2, -0.15) is 5.10 Å². The second-order valence-electron chi connectivity index (χ2n) is 4.98. The summed E-state index contributed by atoms with van der Waals surface area (Å²) < 4.78 is 6.89. The van der Waals surface area contributed by atoms with Gasteiger partial charge in [-0.15, -0.1) is 0 Å². The first-order valence-corrected chi connectivity index (χ1v) is 6.95. The molecular formula is C16H16N4O2. The van der Waals surface area contributed by atoms with Gasteiger partial charge >= 0.3 is 0 Å². The summed E-state index contributed by atoms with van der Waals surface area (Å²) >= 11 is 0. The zero-order valence-corrected chi connectivity index (χ0v) is 12.2. The molecule has 22 heavy (non-hydrogen) atoms. The molecule has 0 fully saturated rings. The van der Waals surface area contributed by atoms with Crippen LogP contribution in [0.15, 0.2) is 53.7 Å². The SMILES string of the molecule is Cc1occc1C(=O)NCc1ccc(Cn2cncn2)cc1. The number of aromatic nitrogens is 3. The average Bonchev–Trinajstić information content (AvgIpc) is 3.18. The molecule has 0 aliphatic heterocycles. The second kappa shape index (κ2) is 6.26. The number of furan rings is 1. The van der Waals surface area contributed by atoms with E-state index in [1.807, 2.05) is 24.3 Å². The van der Waals surface area contributed by atoms with Gasteiger partial charge in [0.25, 0.3) is 5.91 Å². The number of amides is 1. The predicted molar refractivity (Wildman–Crippen MR) is 80.2 cm³/mol. The Morgan fingerprint density at radius 3 is 2.64 bits per heavy atom. The molecule has 0 saturated carbocycles. The van der Waals surface area contributed by atoms with Crippen molar-refractivity contribution < 1.29 is 9.21 Å². The fourth-order valence-corrected chi connectivity index (χ4v) is 2.16. The highest BCUT2D eigenvalue weighted by Crippen LogP contribution is 2.09. The molecule has 3 rings (SSSR count). The third-order valence-electron chi connectivity index (χ3n) is 3.39. The van der Waals surface area contributed by atoms with Gasteiger partial charge in [-0.3, -0.25) is 4.79 Å². The van der Waals surface area contributed by atoms with Crippen LogP contribution in [0.2, 0.25) is 0 Å². The Morgan fingerprint density at radius 1 is 1.23 bits per heavy atom. The zero-order chi connectivity index (χ0) is 15.4. The van der Waals surface area contributed by atoms with Crippen molar-refractivity contribution in [2.75, 3.05) is 0 Å². The van der Waals surface area contributed by atoms with Crippen molar-refractivity contribution >= 4 is 5.91 Å². The lowest BCUT2D eigenvalue weighted by Crippen LogP contribution is -2.22. The van der Waals surface area contributed by atoms with E-state index in [9.17, 15) is 4.79 Å². The molecule has 1 aromatic carbocycles. The smallest absolute Gasteiger partial charge is 0.255 e. The van der Waals surface area contributed by atoms with Crippen LogP contribution in [0.4, 0.5) is 0 Å². The number of carbonyl (C=O) groups excluding carboxylic acids is 1. The fourth-order valence-electron chi connectivity index (χ4n) is 2.16. The highest BCUT2D eigenvalue weighted by atomic mass is 16.3. The van der Waals surface area contributed by atoms with E-state index in [1.54, 1.807) is 24.0 Å². The van der Waals surface area contributed by atoms with Gasteiger partial charge < -0.3 is 9.73 Å². The van der Waals surface area contributed by atoms with Crippen LogP contribution in [0.5, 0.6) is 0 Å². The summed E-state index contributed by atoms with van der Waals surface area (Å²) in [5.74, 6) is 0.499. The molecule has 0 bridgehead atoms. The molecule has 112 valence electrons. The third kappa shape index (κ3) is 3.22. The van der Waals surface area contributed by atoms with Crippen LogP contribution in [0.3, 0.4) is 0 Å². The summed E-state index contributed by atoms with van der Waals surface area (Å²) in [6.45, 7) is 2.93. The number of carbonyl (C=O) groups is 1. The van der Waals surface area contributed by atoms with Crippen molar-refractivity contribution in [1.82, 2.24) is 20.1 Å². The van der Waals surface area contributed by atoms with Crippen LogP contribution in [-0.2, 0) is 13.1 Å². The van der Waals surface area contributed by atoms with Crippen LogP contribution < -0.4 is 5.32 Å². The number of hydrogen-bond donors (Lipinski definition) is 1. The molecule has 6 heteroatoms. The van der Waals surface area contributed by atoms with Crippen LogP contribution in [0, 0.1) is 6.92 Å². The van der Waals surface area contributed by atoms with Gasteiger partial charge in [0, 0.05) is 6.54 Å². The Bertz CT molecular complexity index is 745. The molecule has 1 amide bonds. The van der Waals surface area contributed by atoms with E-state index in [1.165, 1.54) is 12.6 Å². The average molecular weight is 296 g/mol. The van der Waals surface area contributed by atoms with Crippen molar-refractivity contribution in [3.05, 3.63) is 71.7 Å². The molecule has 0 spiro atoms. The zero-order valence-electron chi connectivity index (χ0n) is 12.2. The Balaban J connectivity index is 1.57. The molecule has 1 N–H and O–H groups in total. The number of rotatable bonds is 5. The van der Waals surface area contributed by atoms with Crippen molar-refractivity contribution in [2.24, 2.45) is 0 Å². The Kier molecular flexibility index (Phi) is 4.00.